The molecule has 0 atom stereocenters. The highest BCUT2D eigenvalue weighted by atomic mass is 35.5. The van der Waals surface area contributed by atoms with Gasteiger partial charge in [-0.3, -0.25) is 9.59 Å². The Bertz CT molecular complexity index is 903. The van der Waals surface area contributed by atoms with E-state index >= 15 is 0 Å². The number of rotatable bonds is 5. The van der Waals surface area contributed by atoms with E-state index in [1.165, 1.54) is 6.92 Å². The third-order valence-electron chi connectivity index (χ3n) is 3.59. The van der Waals surface area contributed by atoms with Crippen LogP contribution in [0.1, 0.15) is 19.2 Å². The van der Waals surface area contributed by atoms with Gasteiger partial charge in [-0.1, -0.05) is 23.7 Å². The standard InChI is InChI=1S/C18H17ClN4O2/c1-11(24)20-14-7-6-12(10-13(14)19)21-18(25)9-8-17-22-15-4-2-3-5-16(15)23-17/h2-7,10H,8-9H2,1H3,(H,20,24)(H,21,25)(H,22,23). The first-order valence-electron chi connectivity index (χ1n) is 7.82. The molecule has 0 radical (unpaired) electrons. The lowest BCUT2D eigenvalue weighted by molar-refractivity contribution is -0.116. The van der Waals surface area contributed by atoms with Crippen molar-refractivity contribution in [1.82, 2.24) is 9.97 Å². The molecule has 3 N–H and O–H groups in total. The molecule has 0 spiro atoms. The van der Waals surface area contributed by atoms with Crippen LogP contribution in [0.3, 0.4) is 0 Å². The third-order valence-corrected chi connectivity index (χ3v) is 3.90. The molecule has 0 bridgehead atoms. The Hall–Kier alpha value is -2.86. The Balaban J connectivity index is 1.58. The van der Waals surface area contributed by atoms with Crippen LogP contribution in [0.2, 0.25) is 5.02 Å². The zero-order valence-electron chi connectivity index (χ0n) is 13.6. The van der Waals surface area contributed by atoms with Crippen LogP contribution in [0.25, 0.3) is 11.0 Å². The van der Waals surface area contributed by atoms with Crippen molar-refractivity contribution in [3.8, 4) is 0 Å². The number of carbonyl (C=O) groups excluding carboxylic acids is 2. The molecule has 25 heavy (non-hydrogen) atoms. The fourth-order valence-corrected chi connectivity index (χ4v) is 2.69. The second-order valence-corrected chi connectivity index (χ2v) is 6.03. The third kappa shape index (κ3) is 4.36. The van der Waals surface area contributed by atoms with E-state index in [2.05, 4.69) is 20.6 Å². The van der Waals surface area contributed by atoms with Gasteiger partial charge in [-0.15, -0.1) is 0 Å². The largest absolute Gasteiger partial charge is 0.342 e. The fourth-order valence-electron chi connectivity index (χ4n) is 2.46. The molecular formula is C18H17ClN4O2. The van der Waals surface area contributed by atoms with Gasteiger partial charge in [0.2, 0.25) is 11.8 Å². The van der Waals surface area contributed by atoms with Crippen LogP contribution in [-0.2, 0) is 16.0 Å². The summed E-state index contributed by atoms with van der Waals surface area (Å²) < 4.78 is 0. The minimum atomic E-state index is -0.204. The van der Waals surface area contributed by atoms with Gasteiger partial charge in [0.05, 0.1) is 21.7 Å². The van der Waals surface area contributed by atoms with Crippen LogP contribution in [0.4, 0.5) is 11.4 Å². The predicted octanol–water partition coefficient (Wildman–Crippen LogP) is 3.75. The van der Waals surface area contributed by atoms with E-state index in [1.807, 2.05) is 24.3 Å². The maximum atomic E-state index is 12.1. The zero-order chi connectivity index (χ0) is 17.8. The number of carbonyl (C=O) groups is 2. The second kappa shape index (κ2) is 7.36. The number of anilines is 2. The first kappa shape index (κ1) is 17.0. The summed E-state index contributed by atoms with van der Waals surface area (Å²) in [5.74, 6) is 0.434. The molecule has 128 valence electrons. The Labute approximate surface area is 149 Å². The molecule has 1 heterocycles. The topological polar surface area (TPSA) is 86.9 Å². The van der Waals surface area contributed by atoms with Gasteiger partial charge in [-0.2, -0.15) is 0 Å². The number of nitrogens with zero attached hydrogens (tertiary/aromatic N) is 1. The van der Waals surface area contributed by atoms with Crippen molar-refractivity contribution < 1.29 is 9.59 Å². The van der Waals surface area contributed by atoms with E-state index in [0.717, 1.165) is 16.9 Å². The second-order valence-electron chi connectivity index (χ2n) is 5.62. The van der Waals surface area contributed by atoms with Crippen molar-refractivity contribution >= 4 is 45.8 Å². The Morgan fingerprint density at radius 2 is 1.96 bits per heavy atom. The summed E-state index contributed by atoms with van der Waals surface area (Å²) in [4.78, 5) is 30.8. The minimum absolute atomic E-state index is 0.135. The molecule has 0 aliphatic carbocycles. The summed E-state index contributed by atoms with van der Waals surface area (Å²) in [5.41, 5.74) is 2.93. The van der Waals surface area contributed by atoms with Crippen LogP contribution in [0.15, 0.2) is 42.5 Å². The summed E-state index contributed by atoms with van der Waals surface area (Å²) in [7, 11) is 0. The smallest absolute Gasteiger partial charge is 0.224 e. The van der Waals surface area contributed by atoms with Crippen LogP contribution < -0.4 is 10.6 Å². The lowest BCUT2D eigenvalue weighted by Crippen LogP contribution is -2.13. The number of fused-ring (bicyclic) bond motifs is 1. The SMILES string of the molecule is CC(=O)Nc1ccc(NC(=O)CCc2nc3ccccc3[nH]2)cc1Cl. The summed E-state index contributed by atoms with van der Waals surface area (Å²) in [5, 5.41) is 5.77. The van der Waals surface area contributed by atoms with Crippen LogP contribution in [-0.4, -0.2) is 21.8 Å². The maximum absolute atomic E-state index is 12.1. The van der Waals surface area contributed by atoms with Crippen molar-refractivity contribution in [3.05, 3.63) is 53.3 Å². The van der Waals surface area contributed by atoms with E-state index in [1.54, 1.807) is 18.2 Å². The Morgan fingerprint density at radius 1 is 1.16 bits per heavy atom. The Kier molecular flexibility index (Phi) is 5.00. The highest BCUT2D eigenvalue weighted by Crippen LogP contribution is 2.25. The van der Waals surface area contributed by atoms with Crippen molar-refractivity contribution in [2.75, 3.05) is 10.6 Å². The average molecular weight is 357 g/mol. The van der Waals surface area contributed by atoms with E-state index in [4.69, 9.17) is 11.6 Å². The van der Waals surface area contributed by atoms with E-state index < -0.39 is 0 Å². The fraction of sp³-hybridized carbons (Fsp3) is 0.167. The molecule has 0 aliphatic rings. The number of H-pyrrole nitrogens is 1. The number of benzene rings is 2. The first-order valence-corrected chi connectivity index (χ1v) is 8.19. The van der Waals surface area contributed by atoms with Gasteiger partial charge in [0, 0.05) is 25.5 Å². The number of aryl methyl sites for hydroxylation is 1. The minimum Gasteiger partial charge on any atom is -0.342 e. The number of hydrogen-bond donors (Lipinski definition) is 3. The molecule has 0 unspecified atom stereocenters. The van der Waals surface area contributed by atoms with Gasteiger partial charge in [-0.25, -0.2) is 4.98 Å². The molecule has 7 heteroatoms. The highest BCUT2D eigenvalue weighted by molar-refractivity contribution is 6.34. The van der Waals surface area contributed by atoms with Crippen LogP contribution >= 0.6 is 11.6 Å². The van der Waals surface area contributed by atoms with Gasteiger partial charge in [0.25, 0.3) is 0 Å². The van der Waals surface area contributed by atoms with Gasteiger partial charge >= 0.3 is 0 Å². The van der Waals surface area contributed by atoms with E-state index in [9.17, 15) is 9.59 Å². The molecule has 2 amide bonds. The van der Waals surface area contributed by atoms with Gasteiger partial charge in [-0.05, 0) is 30.3 Å². The van der Waals surface area contributed by atoms with Gasteiger partial charge < -0.3 is 15.6 Å². The highest BCUT2D eigenvalue weighted by Gasteiger charge is 2.08. The van der Waals surface area contributed by atoms with E-state index in [-0.39, 0.29) is 11.8 Å². The number of nitrogens with one attached hydrogen (secondary N) is 3. The molecule has 0 aliphatic heterocycles. The monoisotopic (exact) mass is 356 g/mol. The number of halogens is 1. The predicted molar refractivity (Wildman–Crippen MR) is 98.8 cm³/mol. The molecular weight excluding hydrogens is 340 g/mol. The molecule has 3 rings (SSSR count). The number of hydrogen-bond acceptors (Lipinski definition) is 3. The summed E-state index contributed by atoms with van der Waals surface area (Å²) in [6.07, 6.45) is 0.809. The number of aromatic nitrogens is 2. The molecule has 0 saturated heterocycles. The van der Waals surface area contributed by atoms with Crippen LogP contribution in [0.5, 0.6) is 0 Å². The van der Waals surface area contributed by atoms with E-state index in [0.29, 0.717) is 29.2 Å². The average Bonchev–Trinajstić information content (AvgIpc) is 2.98. The van der Waals surface area contributed by atoms with Gasteiger partial charge in [0.1, 0.15) is 5.82 Å². The number of para-hydroxylation sites is 2. The molecule has 0 fully saturated rings. The first-order chi connectivity index (χ1) is 12.0. The zero-order valence-corrected chi connectivity index (χ0v) is 14.4. The molecule has 1 aromatic heterocycles. The van der Waals surface area contributed by atoms with Crippen molar-refractivity contribution in [3.63, 3.8) is 0 Å². The molecule has 6 nitrogen and oxygen atoms in total. The summed E-state index contributed by atoms with van der Waals surface area (Å²) in [6, 6.07) is 12.7. The molecule has 3 aromatic rings. The normalized spacial score (nSPS) is 10.6. The van der Waals surface area contributed by atoms with Gasteiger partial charge in [0.15, 0.2) is 0 Å². The summed E-state index contributed by atoms with van der Waals surface area (Å²) >= 11 is 6.09. The lowest BCUT2D eigenvalue weighted by atomic mass is 10.2. The number of imidazole rings is 1. The van der Waals surface area contributed by atoms with Crippen LogP contribution in [0, 0.1) is 0 Å². The van der Waals surface area contributed by atoms with Crippen molar-refractivity contribution in [2.45, 2.75) is 19.8 Å². The van der Waals surface area contributed by atoms with Crippen molar-refractivity contribution in [1.29, 1.82) is 0 Å². The lowest BCUT2D eigenvalue weighted by Gasteiger charge is -2.09. The maximum Gasteiger partial charge on any atom is 0.224 e. The summed E-state index contributed by atoms with van der Waals surface area (Å²) in [6.45, 7) is 1.41. The Morgan fingerprint density at radius 3 is 2.68 bits per heavy atom. The number of amides is 2. The molecule has 2 aromatic carbocycles. The molecule has 0 saturated carbocycles. The number of aromatic amines is 1. The quantitative estimate of drug-likeness (QED) is 0.650. The van der Waals surface area contributed by atoms with Crippen molar-refractivity contribution in [2.24, 2.45) is 0 Å².